The van der Waals surface area contributed by atoms with Gasteiger partial charge in [-0.25, -0.2) is 0 Å². The van der Waals surface area contributed by atoms with Gasteiger partial charge in [-0.05, 0) is 29.7 Å². The van der Waals surface area contributed by atoms with Crippen LogP contribution in [0, 0.1) is 10.8 Å². The van der Waals surface area contributed by atoms with Crippen molar-refractivity contribution >= 4 is 11.9 Å². The fourth-order valence-corrected chi connectivity index (χ4v) is 4.44. The molecular formula is C22H23NO6. The van der Waals surface area contributed by atoms with Crippen molar-refractivity contribution in [2.24, 2.45) is 10.8 Å². The van der Waals surface area contributed by atoms with Crippen molar-refractivity contribution in [3.8, 4) is 11.5 Å². The number of ether oxygens (including phenoxy) is 2. The Hall–Kier alpha value is -3.06. The van der Waals surface area contributed by atoms with Gasteiger partial charge in [0.2, 0.25) is 0 Å². The van der Waals surface area contributed by atoms with E-state index in [1.54, 1.807) is 7.11 Å². The van der Waals surface area contributed by atoms with Crippen molar-refractivity contribution in [3.05, 3.63) is 59.7 Å². The van der Waals surface area contributed by atoms with Gasteiger partial charge in [0, 0.05) is 19.6 Å². The number of hydrogen-bond donors (Lipinski definition) is 2. The Balaban J connectivity index is 1.45. The van der Waals surface area contributed by atoms with Crippen LogP contribution in [0.2, 0.25) is 0 Å². The fourth-order valence-electron chi connectivity index (χ4n) is 4.44. The Morgan fingerprint density at radius 2 is 1.62 bits per heavy atom. The highest BCUT2D eigenvalue weighted by Crippen LogP contribution is 2.68. The normalized spacial score (nSPS) is 25.3. The summed E-state index contributed by atoms with van der Waals surface area (Å²) in [5.74, 6) is -0.841. The molecule has 0 spiro atoms. The average molecular weight is 397 g/mol. The van der Waals surface area contributed by atoms with Crippen LogP contribution < -0.4 is 9.47 Å². The molecule has 2 aromatic rings. The van der Waals surface area contributed by atoms with Gasteiger partial charge < -0.3 is 19.7 Å². The number of carbonyl (C=O) groups is 2. The number of rotatable bonds is 8. The zero-order valence-corrected chi connectivity index (χ0v) is 16.1. The minimum absolute atomic E-state index is 0.205. The van der Waals surface area contributed by atoms with Crippen molar-refractivity contribution in [2.75, 3.05) is 20.2 Å². The maximum atomic E-state index is 11.7. The average Bonchev–Trinajstić information content (AvgIpc) is 3.26. The summed E-state index contributed by atoms with van der Waals surface area (Å²) in [5.41, 5.74) is -0.368. The molecule has 7 nitrogen and oxygen atoms in total. The van der Waals surface area contributed by atoms with Gasteiger partial charge >= 0.3 is 11.9 Å². The van der Waals surface area contributed by atoms with Crippen molar-refractivity contribution < 1.29 is 29.3 Å². The van der Waals surface area contributed by atoms with E-state index in [2.05, 4.69) is 0 Å². The van der Waals surface area contributed by atoms with E-state index in [1.807, 2.05) is 53.4 Å². The number of nitrogens with zero attached hydrogens (tertiary/aromatic N) is 1. The molecule has 152 valence electrons. The first-order valence-corrected chi connectivity index (χ1v) is 9.43. The van der Waals surface area contributed by atoms with Crippen LogP contribution in [0.4, 0.5) is 0 Å². The van der Waals surface area contributed by atoms with Crippen LogP contribution in [0.15, 0.2) is 48.5 Å². The predicted molar refractivity (Wildman–Crippen MR) is 104 cm³/mol. The monoisotopic (exact) mass is 397 g/mol. The van der Waals surface area contributed by atoms with Gasteiger partial charge in [0.1, 0.15) is 6.61 Å². The van der Waals surface area contributed by atoms with Crippen LogP contribution in [0.5, 0.6) is 11.5 Å². The molecule has 1 saturated heterocycles. The SMILES string of the molecule is COc1cc(CN2C[C@@]3(C(=O)O)C[C@@]3(C(=O)O)C2)ccc1OCc1ccccc1. The Labute approximate surface area is 168 Å². The molecule has 2 aromatic carbocycles. The number of hydrogen-bond acceptors (Lipinski definition) is 5. The van der Waals surface area contributed by atoms with Gasteiger partial charge in [-0.2, -0.15) is 0 Å². The Morgan fingerprint density at radius 3 is 2.21 bits per heavy atom. The lowest BCUT2D eigenvalue weighted by molar-refractivity contribution is -0.151. The molecule has 1 aliphatic heterocycles. The molecule has 0 unspecified atom stereocenters. The Kier molecular flexibility index (Phi) is 4.70. The molecule has 1 aliphatic carbocycles. The van der Waals surface area contributed by atoms with Crippen LogP contribution in [-0.4, -0.2) is 47.3 Å². The topological polar surface area (TPSA) is 96.3 Å². The molecule has 2 atom stereocenters. The third-order valence-electron chi connectivity index (χ3n) is 6.07. The maximum absolute atomic E-state index is 11.7. The van der Waals surface area contributed by atoms with Gasteiger partial charge in [0.15, 0.2) is 11.5 Å². The van der Waals surface area contributed by atoms with Crippen LogP contribution in [0.1, 0.15) is 17.5 Å². The minimum Gasteiger partial charge on any atom is -0.493 e. The summed E-state index contributed by atoms with van der Waals surface area (Å²) in [6.45, 7) is 1.36. The molecule has 0 radical (unpaired) electrons. The summed E-state index contributed by atoms with van der Waals surface area (Å²) in [5, 5.41) is 19.1. The standard InChI is InChI=1S/C22H23NO6/c1-28-18-9-16(7-8-17(18)29-11-15-5-3-2-4-6-15)10-23-13-21(19(24)25)12-22(21,14-23)20(26)27/h2-9H,10-14H2,1H3,(H,24,25)(H,26,27)/t21-,22+. The molecule has 2 fully saturated rings. The molecule has 4 rings (SSSR count). The summed E-state index contributed by atoms with van der Waals surface area (Å²) >= 11 is 0. The van der Waals surface area contributed by atoms with Gasteiger partial charge in [-0.1, -0.05) is 36.4 Å². The number of likely N-dealkylation sites (tertiary alicyclic amines) is 1. The van der Waals surface area contributed by atoms with E-state index in [4.69, 9.17) is 9.47 Å². The highest BCUT2D eigenvalue weighted by molar-refractivity contribution is 5.94. The number of benzene rings is 2. The molecule has 2 aliphatic rings. The first kappa shape index (κ1) is 19.3. The van der Waals surface area contributed by atoms with E-state index < -0.39 is 22.8 Å². The first-order chi connectivity index (χ1) is 13.9. The van der Waals surface area contributed by atoms with Crippen molar-refractivity contribution in [2.45, 2.75) is 19.6 Å². The van der Waals surface area contributed by atoms with E-state index in [0.717, 1.165) is 11.1 Å². The number of aliphatic carboxylic acids is 2. The third kappa shape index (κ3) is 3.21. The van der Waals surface area contributed by atoms with E-state index in [-0.39, 0.29) is 19.5 Å². The molecule has 0 amide bonds. The smallest absolute Gasteiger partial charge is 0.312 e. The van der Waals surface area contributed by atoms with E-state index in [1.165, 1.54) is 0 Å². The van der Waals surface area contributed by atoms with Gasteiger partial charge in [0.05, 0.1) is 17.9 Å². The second-order valence-electron chi connectivity index (χ2n) is 7.86. The number of carboxylic acid groups (broad SMARTS) is 2. The van der Waals surface area contributed by atoms with Gasteiger partial charge in [-0.3, -0.25) is 14.5 Å². The number of fused-ring (bicyclic) bond motifs is 1. The minimum atomic E-state index is -1.17. The quantitative estimate of drug-likeness (QED) is 0.707. The summed E-state index contributed by atoms with van der Waals surface area (Å²) < 4.78 is 11.3. The second-order valence-corrected chi connectivity index (χ2v) is 7.86. The maximum Gasteiger partial charge on any atom is 0.312 e. The van der Waals surface area contributed by atoms with Crippen LogP contribution >= 0.6 is 0 Å². The Bertz CT molecular complexity index is 918. The van der Waals surface area contributed by atoms with Crippen molar-refractivity contribution in [3.63, 3.8) is 0 Å². The molecule has 1 saturated carbocycles. The van der Waals surface area contributed by atoms with Crippen molar-refractivity contribution in [1.29, 1.82) is 0 Å². The number of piperidine rings is 1. The summed E-state index contributed by atoms with van der Waals surface area (Å²) in [4.78, 5) is 25.3. The second kappa shape index (κ2) is 7.08. The third-order valence-corrected chi connectivity index (χ3v) is 6.07. The lowest BCUT2D eigenvalue weighted by atomic mass is 9.97. The molecule has 0 bridgehead atoms. The Morgan fingerprint density at radius 1 is 0.966 bits per heavy atom. The first-order valence-electron chi connectivity index (χ1n) is 9.43. The van der Waals surface area contributed by atoms with E-state index >= 15 is 0 Å². The van der Waals surface area contributed by atoms with Gasteiger partial charge in [0.25, 0.3) is 0 Å². The molecule has 2 N–H and O–H groups in total. The largest absolute Gasteiger partial charge is 0.493 e. The van der Waals surface area contributed by atoms with Crippen LogP contribution in [0.3, 0.4) is 0 Å². The van der Waals surface area contributed by atoms with E-state index in [0.29, 0.717) is 24.7 Å². The van der Waals surface area contributed by atoms with Crippen molar-refractivity contribution in [1.82, 2.24) is 4.90 Å². The number of carboxylic acids is 2. The summed E-state index contributed by atoms with van der Waals surface area (Å²) in [6.07, 6.45) is 0.205. The zero-order chi connectivity index (χ0) is 20.6. The van der Waals surface area contributed by atoms with E-state index in [9.17, 15) is 19.8 Å². The highest BCUT2D eigenvalue weighted by Gasteiger charge is 2.80. The highest BCUT2D eigenvalue weighted by atomic mass is 16.5. The lowest BCUT2D eigenvalue weighted by Gasteiger charge is -2.20. The molecular weight excluding hydrogens is 374 g/mol. The van der Waals surface area contributed by atoms with Gasteiger partial charge in [-0.15, -0.1) is 0 Å². The summed E-state index contributed by atoms with van der Waals surface area (Å²) in [6, 6.07) is 15.4. The molecule has 7 heteroatoms. The molecule has 29 heavy (non-hydrogen) atoms. The van der Waals surface area contributed by atoms with Crippen LogP contribution in [0.25, 0.3) is 0 Å². The lowest BCUT2D eigenvalue weighted by Crippen LogP contribution is -2.28. The zero-order valence-electron chi connectivity index (χ0n) is 16.1. The van der Waals surface area contributed by atoms with Crippen LogP contribution in [-0.2, 0) is 22.7 Å². The molecule has 0 aromatic heterocycles. The predicted octanol–water partition coefficient (Wildman–Crippen LogP) is 2.64. The summed E-state index contributed by atoms with van der Waals surface area (Å²) in [7, 11) is 1.57. The number of methoxy groups -OCH3 is 1. The fraction of sp³-hybridized carbons (Fsp3) is 0.364. The molecule has 1 heterocycles.